The van der Waals surface area contributed by atoms with E-state index in [9.17, 15) is 13.6 Å². The molecular formula is C19H18F2N2O. The van der Waals surface area contributed by atoms with Crippen LogP contribution in [0.25, 0.3) is 0 Å². The molecule has 124 valence electrons. The molecule has 0 aromatic heterocycles. The zero-order chi connectivity index (χ0) is 17.1. The number of hydrogen-bond donors (Lipinski definition) is 1. The third-order valence-corrected chi connectivity index (χ3v) is 4.20. The first kappa shape index (κ1) is 16.2. The predicted molar refractivity (Wildman–Crippen MR) is 90.2 cm³/mol. The Kier molecular flexibility index (Phi) is 4.60. The number of carbonyl (C=O) groups excluding carboxylic acids is 1. The van der Waals surface area contributed by atoms with Crippen molar-refractivity contribution in [1.82, 2.24) is 5.32 Å². The fraction of sp³-hybridized carbons (Fsp3) is 0.211. The van der Waals surface area contributed by atoms with Gasteiger partial charge in [-0.25, -0.2) is 8.78 Å². The summed E-state index contributed by atoms with van der Waals surface area (Å²) in [6.45, 7) is 4.55. The molecule has 5 heteroatoms. The van der Waals surface area contributed by atoms with Crippen molar-refractivity contribution < 1.29 is 13.6 Å². The Morgan fingerprint density at radius 2 is 2.04 bits per heavy atom. The van der Waals surface area contributed by atoms with Crippen LogP contribution in [0, 0.1) is 17.6 Å². The van der Waals surface area contributed by atoms with E-state index in [0.717, 1.165) is 23.7 Å². The van der Waals surface area contributed by atoms with Crippen LogP contribution in [0.5, 0.6) is 0 Å². The third kappa shape index (κ3) is 3.30. The monoisotopic (exact) mass is 328 g/mol. The highest BCUT2D eigenvalue weighted by atomic mass is 19.2. The lowest BCUT2D eigenvalue weighted by molar-refractivity contribution is -0.116. The van der Waals surface area contributed by atoms with Gasteiger partial charge in [0.25, 0.3) is 0 Å². The maximum atomic E-state index is 13.6. The first-order chi connectivity index (χ1) is 11.6. The molecule has 0 saturated heterocycles. The van der Waals surface area contributed by atoms with Gasteiger partial charge in [0.2, 0.25) is 5.91 Å². The molecule has 0 saturated carbocycles. The van der Waals surface area contributed by atoms with Crippen molar-refractivity contribution >= 4 is 17.3 Å². The van der Waals surface area contributed by atoms with Gasteiger partial charge in [-0.05, 0) is 42.2 Å². The predicted octanol–water partition coefficient (Wildman–Crippen LogP) is 3.58. The van der Waals surface area contributed by atoms with Crippen LogP contribution in [0.2, 0.25) is 0 Å². The minimum absolute atomic E-state index is 0.164. The van der Waals surface area contributed by atoms with Gasteiger partial charge < -0.3 is 10.2 Å². The number of para-hydroxylation sites is 1. The minimum atomic E-state index is -0.868. The largest absolute Gasteiger partial charge is 0.352 e. The van der Waals surface area contributed by atoms with Gasteiger partial charge in [-0.3, -0.25) is 4.79 Å². The summed E-state index contributed by atoms with van der Waals surface area (Å²) < 4.78 is 26.9. The summed E-state index contributed by atoms with van der Waals surface area (Å²) in [6.07, 6.45) is 2.05. The number of hydrogen-bond acceptors (Lipinski definition) is 2. The molecule has 1 amide bonds. The van der Waals surface area contributed by atoms with Crippen LogP contribution in [-0.4, -0.2) is 19.0 Å². The van der Waals surface area contributed by atoms with Gasteiger partial charge in [-0.1, -0.05) is 24.8 Å². The molecule has 2 aromatic rings. The first-order valence-electron chi connectivity index (χ1n) is 7.79. The number of rotatable bonds is 4. The number of fused-ring (bicyclic) bond motifs is 1. The lowest BCUT2D eigenvalue weighted by Crippen LogP contribution is -2.39. The van der Waals surface area contributed by atoms with Gasteiger partial charge in [0, 0.05) is 30.5 Å². The maximum Gasteiger partial charge on any atom is 0.243 e. The molecule has 1 aliphatic rings. The summed E-state index contributed by atoms with van der Waals surface area (Å²) in [6, 6.07) is 11.8. The molecule has 0 fully saturated rings. The van der Waals surface area contributed by atoms with Crippen molar-refractivity contribution in [3.8, 4) is 0 Å². The van der Waals surface area contributed by atoms with E-state index in [4.69, 9.17) is 0 Å². The molecule has 1 atom stereocenters. The van der Waals surface area contributed by atoms with Crippen molar-refractivity contribution in [3.63, 3.8) is 0 Å². The highest BCUT2D eigenvalue weighted by Crippen LogP contribution is 2.35. The zero-order valence-electron chi connectivity index (χ0n) is 13.1. The van der Waals surface area contributed by atoms with Crippen LogP contribution < -0.4 is 10.2 Å². The van der Waals surface area contributed by atoms with Crippen LogP contribution >= 0.6 is 0 Å². The Bertz CT molecular complexity index is 776. The molecule has 0 spiro atoms. The van der Waals surface area contributed by atoms with E-state index in [0.29, 0.717) is 18.8 Å². The topological polar surface area (TPSA) is 32.3 Å². The molecule has 3 nitrogen and oxygen atoms in total. The van der Waals surface area contributed by atoms with E-state index in [1.807, 2.05) is 29.2 Å². The molecule has 1 heterocycles. The van der Waals surface area contributed by atoms with Crippen molar-refractivity contribution in [3.05, 3.63) is 72.3 Å². The smallest absolute Gasteiger partial charge is 0.243 e. The van der Waals surface area contributed by atoms with Gasteiger partial charge in [0.15, 0.2) is 11.6 Å². The highest BCUT2D eigenvalue weighted by molar-refractivity contribution is 5.86. The number of carbonyl (C=O) groups is 1. The lowest BCUT2D eigenvalue weighted by atomic mass is 9.92. The summed E-state index contributed by atoms with van der Waals surface area (Å²) in [5, 5.41) is 2.81. The van der Waals surface area contributed by atoms with Crippen LogP contribution in [0.1, 0.15) is 5.56 Å². The fourth-order valence-corrected chi connectivity index (χ4v) is 3.03. The Morgan fingerprint density at radius 1 is 1.25 bits per heavy atom. The Labute approximate surface area is 139 Å². The van der Waals surface area contributed by atoms with Crippen molar-refractivity contribution in [2.24, 2.45) is 5.92 Å². The third-order valence-electron chi connectivity index (χ3n) is 4.20. The van der Waals surface area contributed by atoms with Crippen molar-refractivity contribution in [2.75, 3.05) is 18.0 Å². The average molecular weight is 328 g/mol. The molecule has 2 aromatic carbocycles. The van der Waals surface area contributed by atoms with E-state index in [1.165, 1.54) is 12.1 Å². The maximum absolute atomic E-state index is 13.6. The summed E-state index contributed by atoms with van der Waals surface area (Å²) in [4.78, 5) is 13.4. The lowest BCUT2D eigenvalue weighted by Gasteiger charge is -2.36. The number of nitrogens with one attached hydrogen (secondary N) is 1. The van der Waals surface area contributed by atoms with E-state index >= 15 is 0 Å². The van der Waals surface area contributed by atoms with Gasteiger partial charge in [0.05, 0.1) is 0 Å². The number of halogens is 2. The summed E-state index contributed by atoms with van der Waals surface area (Å²) in [5.74, 6) is -1.78. The number of amides is 1. The molecule has 1 aliphatic heterocycles. The van der Waals surface area contributed by atoms with Crippen LogP contribution in [0.15, 0.2) is 55.1 Å². The minimum Gasteiger partial charge on any atom is -0.352 e. The van der Waals surface area contributed by atoms with E-state index in [1.54, 1.807) is 6.07 Å². The SMILES string of the molecule is C=CC(=O)NCC1Cc2ccccc2N(c2ccc(F)c(F)c2)C1. The second-order valence-electron chi connectivity index (χ2n) is 5.86. The molecule has 3 rings (SSSR count). The second kappa shape index (κ2) is 6.83. The second-order valence-corrected chi connectivity index (χ2v) is 5.86. The molecule has 0 radical (unpaired) electrons. The zero-order valence-corrected chi connectivity index (χ0v) is 13.1. The fourth-order valence-electron chi connectivity index (χ4n) is 3.03. The van der Waals surface area contributed by atoms with E-state index in [-0.39, 0.29) is 11.8 Å². The Morgan fingerprint density at radius 3 is 2.79 bits per heavy atom. The number of anilines is 2. The first-order valence-corrected chi connectivity index (χ1v) is 7.79. The number of benzene rings is 2. The standard InChI is InChI=1S/C19H18F2N2O/c1-2-19(24)22-11-13-9-14-5-3-4-6-18(14)23(12-13)15-7-8-16(20)17(21)10-15/h2-8,10,13H,1,9,11-12H2,(H,22,24). The Balaban J connectivity index is 1.90. The van der Waals surface area contributed by atoms with Gasteiger partial charge >= 0.3 is 0 Å². The average Bonchev–Trinajstić information content (AvgIpc) is 2.61. The van der Waals surface area contributed by atoms with Crippen LogP contribution in [0.4, 0.5) is 20.2 Å². The molecule has 24 heavy (non-hydrogen) atoms. The van der Waals surface area contributed by atoms with Gasteiger partial charge in [-0.2, -0.15) is 0 Å². The summed E-state index contributed by atoms with van der Waals surface area (Å²) in [5.41, 5.74) is 2.70. The molecular weight excluding hydrogens is 310 g/mol. The number of nitrogens with zero attached hydrogens (tertiary/aromatic N) is 1. The van der Waals surface area contributed by atoms with Gasteiger partial charge in [0.1, 0.15) is 0 Å². The normalized spacial score (nSPS) is 16.4. The molecule has 0 aliphatic carbocycles. The van der Waals surface area contributed by atoms with Crippen molar-refractivity contribution in [2.45, 2.75) is 6.42 Å². The summed E-state index contributed by atoms with van der Waals surface area (Å²) in [7, 11) is 0. The van der Waals surface area contributed by atoms with Crippen molar-refractivity contribution in [1.29, 1.82) is 0 Å². The van der Waals surface area contributed by atoms with Gasteiger partial charge in [-0.15, -0.1) is 0 Å². The Hall–Kier alpha value is -2.69. The van der Waals surface area contributed by atoms with Crippen LogP contribution in [0.3, 0.4) is 0 Å². The molecule has 0 bridgehead atoms. The van der Waals surface area contributed by atoms with E-state index in [2.05, 4.69) is 11.9 Å². The van der Waals surface area contributed by atoms with E-state index < -0.39 is 11.6 Å². The van der Waals surface area contributed by atoms with Crippen LogP contribution in [-0.2, 0) is 11.2 Å². The molecule has 1 N–H and O–H groups in total. The quantitative estimate of drug-likeness (QED) is 0.870. The molecule has 1 unspecified atom stereocenters. The highest BCUT2D eigenvalue weighted by Gasteiger charge is 2.26. The summed E-state index contributed by atoms with van der Waals surface area (Å²) >= 11 is 0.